The zero-order valence-electron chi connectivity index (χ0n) is 13.2. The van der Waals surface area contributed by atoms with Crippen LogP contribution in [-0.4, -0.2) is 47.0 Å². The quantitative estimate of drug-likeness (QED) is 0.861. The van der Waals surface area contributed by atoms with E-state index in [4.69, 9.17) is 13.9 Å². The van der Waals surface area contributed by atoms with Crippen molar-refractivity contribution in [2.45, 2.75) is 56.9 Å². The lowest BCUT2D eigenvalue weighted by molar-refractivity contribution is -0.141. The fraction of sp³-hybridized carbons (Fsp3) is 0.688. The van der Waals surface area contributed by atoms with Gasteiger partial charge in [0.05, 0.1) is 43.4 Å². The average Bonchev–Trinajstić information content (AvgIpc) is 2.89. The molecule has 3 rings (SSSR count). The van der Waals surface area contributed by atoms with Gasteiger partial charge >= 0.3 is 6.09 Å². The van der Waals surface area contributed by atoms with E-state index in [0.29, 0.717) is 26.1 Å². The molecule has 3 heterocycles. The minimum Gasteiger partial charge on any atom is -0.472 e. The van der Waals surface area contributed by atoms with Crippen LogP contribution in [0.1, 0.15) is 39.2 Å². The van der Waals surface area contributed by atoms with Gasteiger partial charge in [-0.25, -0.2) is 4.79 Å². The van der Waals surface area contributed by atoms with Gasteiger partial charge in [-0.15, -0.1) is 0 Å². The highest BCUT2D eigenvalue weighted by Crippen LogP contribution is 2.41. The zero-order chi connectivity index (χ0) is 16.0. The zero-order valence-corrected chi connectivity index (χ0v) is 13.2. The summed E-state index contributed by atoms with van der Waals surface area (Å²) < 4.78 is 16.2. The van der Waals surface area contributed by atoms with Crippen LogP contribution in [0.2, 0.25) is 0 Å². The average molecular weight is 309 g/mol. The maximum absolute atomic E-state index is 12.5. The van der Waals surface area contributed by atoms with Gasteiger partial charge in [0.1, 0.15) is 5.60 Å². The van der Waals surface area contributed by atoms with Crippen molar-refractivity contribution >= 4 is 6.09 Å². The molecule has 122 valence electrons. The summed E-state index contributed by atoms with van der Waals surface area (Å²) in [6.07, 6.45) is 3.63. The highest BCUT2D eigenvalue weighted by Gasteiger charge is 2.50. The van der Waals surface area contributed by atoms with E-state index in [1.54, 1.807) is 23.5 Å². The number of amides is 1. The number of rotatable bonds is 1. The Morgan fingerprint density at radius 1 is 1.36 bits per heavy atom. The summed E-state index contributed by atoms with van der Waals surface area (Å²) in [6.45, 7) is 6.38. The lowest BCUT2D eigenvalue weighted by Crippen LogP contribution is -2.63. The highest BCUT2D eigenvalue weighted by atomic mass is 16.6. The molecule has 6 nitrogen and oxygen atoms in total. The molecule has 6 heteroatoms. The third-order valence-corrected chi connectivity index (χ3v) is 4.22. The molecule has 0 aliphatic carbocycles. The first-order valence-corrected chi connectivity index (χ1v) is 7.63. The lowest BCUT2D eigenvalue weighted by Gasteiger charge is -2.51. The first-order valence-electron chi connectivity index (χ1n) is 7.63. The van der Waals surface area contributed by atoms with Gasteiger partial charge in [0, 0.05) is 18.4 Å². The standard InChI is InChI=1S/C16H23NO5/c1-15(2,3)22-14(18)17-12-6-16(19,11-4-5-20-8-11)7-13(17)10-21-9-12/h4-5,8,12-13,19H,6-7,9-10H2,1-3H3. The summed E-state index contributed by atoms with van der Waals surface area (Å²) in [5.74, 6) is 0. The van der Waals surface area contributed by atoms with Crippen LogP contribution in [0, 0.1) is 0 Å². The molecule has 22 heavy (non-hydrogen) atoms. The minimum absolute atomic E-state index is 0.192. The maximum atomic E-state index is 12.5. The van der Waals surface area contributed by atoms with Crippen LogP contribution in [0.25, 0.3) is 0 Å². The molecule has 2 saturated heterocycles. The number of nitrogens with zero attached hydrogens (tertiary/aromatic N) is 1. The molecule has 2 unspecified atom stereocenters. The number of aliphatic hydroxyl groups is 1. The fourth-order valence-electron chi connectivity index (χ4n) is 3.35. The number of furan rings is 1. The molecule has 0 spiro atoms. The van der Waals surface area contributed by atoms with Crippen LogP contribution in [0.4, 0.5) is 4.79 Å². The van der Waals surface area contributed by atoms with Crippen LogP contribution >= 0.6 is 0 Å². The van der Waals surface area contributed by atoms with Crippen LogP contribution < -0.4 is 0 Å². The second-order valence-electron chi connectivity index (χ2n) is 7.18. The van der Waals surface area contributed by atoms with Crippen molar-refractivity contribution in [2.24, 2.45) is 0 Å². The van der Waals surface area contributed by atoms with Gasteiger partial charge in [0.25, 0.3) is 0 Å². The minimum atomic E-state index is -0.982. The summed E-state index contributed by atoms with van der Waals surface area (Å²) >= 11 is 0. The number of hydrogen-bond acceptors (Lipinski definition) is 5. The summed E-state index contributed by atoms with van der Waals surface area (Å²) in [7, 11) is 0. The van der Waals surface area contributed by atoms with Crippen molar-refractivity contribution < 1.29 is 23.8 Å². The van der Waals surface area contributed by atoms with E-state index >= 15 is 0 Å². The van der Waals surface area contributed by atoms with Crippen LogP contribution in [0.5, 0.6) is 0 Å². The monoisotopic (exact) mass is 309 g/mol. The Labute approximate surface area is 130 Å². The van der Waals surface area contributed by atoms with Gasteiger partial charge in [-0.2, -0.15) is 0 Å². The van der Waals surface area contributed by atoms with Crippen LogP contribution in [0.3, 0.4) is 0 Å². The third-order valence-electron chi connectivity index (χ3n) is 4.22. The first kappa shape index (κ1) is 15.4. The Morgan fingerprint density at radius 2 is 2.00 bits per heavy atom. The normalized spacial score (nSPS) is 31.9. The van der Waals surface area contributed by atoms with Crippen molar-refractivity contribution in [2.75, 3.05) is 13.2 Å². The molecule has 1 aromatic heterocycles. The van der Waals surface area contributed by atoms with Crippen molar-refractivity contribution in [3.63, 3.8) is 0 Å². The van der Waals surface area contributed by atoms with Gasteiger partial charge in [-0.1, -0.05) is 0 Å². The molecule has 2 fully saturated rings. The largest absolute Gasteiger partial charge is 0.472 e. The number of carbonyl (C=O) groups is 1. The summed E-state index contributed by atoms with van der Waals surface area (Å²) in [6, 6.07) is 1.39. The second kappa shape index (κ2) is 5.28. The second-order valence-corrected chi connectivity index (χ2v) is 7.18. The predicted octanol–water partition coefficient (Wildman–Crippen LogP) is 2.27. The van der Waals surface area contributed by atoms with E-state index in [1.165, 1.54) is 0 Å². The Bertz CT molecular complexity index is 519. The molecular weight excluding hydrogens is 286 g/mol. The Morgan fingerprint density at radius 3 is 2.50 bits per heavy atom. The number of piperidine rings is 1. The molecule has 1 amide bonds. The molecule has 2 aliphatic heterocycles. The molecule has 2 aliphatic rings. The number of carbonyl (C=O) groups excluding carboxylic acids is 1. The van der Waals surface area contributed by atoms with E-state index in [0.717, 1.165) is 5.56 Å². The Balaban J connectivity index is 1.81. The molecular formula is C16H23NO5. The maximum Gasteiger partial charge on any atom is 0.410 e. The number of hydrogen-bond donors (Lipinski definition) is 1. The van der Waals surface area contributed by atoms with Gasteiger partial charge in [0.2, 0.25) is 0 Å². The molecule has 0 radical (unpaired) electrons. The SMILES string of the molecule is CC(C)(C)OC(=O)N1C2COCC1CC(O)(c1ccoc1)C2. The van der Waals surface area contributed by atoms with E-state index in [-0.39, 0.29) is 18.2 Å². The first-order chi connectivity index (χ1) is 10.3. The summed E-state index contributed by atoms with van der Waals surface area (Å²) in [5.41, 5.74) is -0.761. The van der Waals surface area contributed by atoms with Gasteiger partial charge in [0.15, 0.2) is 0 Å². The number of morpholine rings is 1. The summed E-state index contributed by atoms with van der Waals surface area (Å²) in [4.78, 5) is 14.2. The summed E-state index contributed by atoms with van der Waals surface area (Å²) in [5, 5.41) is 11.0. The van der Waals surface area contributed by atoms with Crippen molar-refractivity contribution in [3.8, 4) is 0 Å². The van der Waals surface area contributed by atoms with E-state index < -0.39 is 11.2 Å². The molecule has 1 aromatic rings. The molecule has 2 bridgehead atoms. The Hall–Kier alpha value is -1.53. The fourth-order valence-corrected chi connectivity index (χ4v) is 3.35. The predicted molar refractivity (Wildman–Crippen MR) is 78.3 cm³/mol. The highest BCUT2D eigenvalue weighted by molar-refractivity contribution is 5.69. The molecule has 0 aromatic carbocycles. The van der Waals surface area contributed by atoms with Crippen LogP contribution in [0.15, 0.2) is 23.0 Å². The van der Waals surface area contributed by atoms with Crippen molar-refractivity contribution in [1.82, 2.24) is 4.90 Å². The van der Waals surface area contributed by atoms with Crippen molar-refractivity contribution in [1.29, 1.82) is 0 Å². The number of fused-ring (bicyclic) bond motifs is 2. The van der Waals surface area contributed by atoms with Gasteiger partial charge in [-0.05, 0) is 26.8 Å². The van der Waals surface area contributed by atoms with Gasteiger partial charge in [-0.3, -0.25) is 4.90 Å². The van der Waals surface area contributed by atoms with Crippen molar-refractivity contribution in [3.05, 3.63) is 24.2 Å². The molecule has 2 atom stereocenters. The molecule has 0 saturated carbocycles. The smallest absolute Gasteiger partial charge is 0.410 e. The lowest BCUT2D eigenvalue weighted by atomic mass is 9.78. The topological polar surface area (TPSA) is 72.1 Å². The van der Waals surface area contributed by atoms with E-state index in [1.807, 2.05) is 20.8 Å². The van der Waals surface area contributed by atoms with Crippen LogP contribution in [-0.2, 0) is 15.1 Å². The molecule has 1 N–H and O–H groups in total. The van der Waals surface area contributed by atoms with E-state index in [9.17, 15) is 9.90 Å². The third kappa shape index (κ3) is 2.85. The van der Waals surface area contributed by atoms with Gasteiger partial charge < -0.3 is 19.0 Å². The van der Waals surface area contributed by atoms with E-state index in [2.05, 4.69) is 0 Å². The Kier molecular flexibility index (Phi) is 3.69. The number of ether oxygens (including phenoxy) is 2.